The number of rotatable bonds is 7. The first-order valence-electron chi connectivity index (χ1n) is 8.13. The predicted octanol–water partition coefficient (Wildman–Crippen LogP) is 2.97. The summed E-state index contributed by atoms with van der Waals surface area (Å²) in [6.45, 7) is 3.52. The van der Waals surface area contributed by atoms with Gasteiger partial charge in [0.05, 0.1) is 19.6 Å². The molecule has 0 unspecified atom stereocenters. The molecule has 0 aliphatic rings. The van der Waals surface area contributed by atoms with Crippen molar-refractivity contribution in [2.75, 3.05) is 13.7 Å². The number of aryl methyl sites for hydroxylation is 1. The Bertz CT molecular complexity index is 728. The Morgan fingerprint density at radius 1 is 1.12 bits per heavy atom. The van der Waals surface area contributed by atoms with Gasteiger partial charge in [0.1, 0.15) is 5.75 Å². The van der Waals surface area contributed by atoms with Crippen LogP contribution in [0.5, 0.6) is 5.75 Å². The minimum Gasteiger partial charge on any atom is -0.496 e. The number of nitrogens with one attached hydrogen (secondary N) is 1. The van der Waals surface area contributed by atoms with Crippen LogP contribution in [0, 0.1) is 6.92 Å². The summed E-state index contributed by atoms with van der Waals surface area (Å²) in [5, 5.41) is 2.81. The van der Waals surface area contributed by atoms with Crippen molar-refractivity contribution >= 4 is 11.9 Å². The Hall–Kier alpha value is -2.82. The van der Waals surface area contributed by atoms with Crippen LogP contribution in [-0.2, 0) is 20.7 Å². The summed E-state index contributed by atoms with van der Waals surface area (Å²) >= 11 is 0. The summed E-state index contributed by atoms with van der Waals surface area (Å²) in [4.78, 5) is 23.9. The van der Waals surface area contributed by atoms with E-state index >= 15 is 0 Å². The van der Waals surface area contributed by atoms with Crippen molar-refractivity contribution < 1.29 is 19.1 Å². The number of benzene rings is 2. The monoisotopic (exact) mass is 341 g/mol. The largest absolute Gasteiger partial charge is 0.496 e. The molecule has 0 heterocycles. The van der Waals surface area contributed by atoms with E-state index in [4.69, 9.17) is 9.47 Å². The lowest BCUT2D eigenvalue weighted by atomic mass is 10.1. The van der Waals surface area contributed by atoms with Crippen LogP contribution < -0.4 is 10.1 Å². The lowest BCUT2D eigenvalue weighted by Gasteiger charge is -2.14. The molecule has 132 valence electrons. The predicted molar refractivity (Wildman–Crippen MR) is 95.4 cm³/mol. The van der Waals surface area contributed by atoms with Gasteiger partial charge in [-0.2, -0.15) is 0 Å². The van der Waals surface area contributed by atoms with E-state index < -0.39 is 5.97 Å². The van der Waals surface area contributed by atoms with Crippen molar-refractivity contribution in [1.82, 2.24) is 5.32 Å². The van der Waals surface area contributed by atoms with Gasteiger partial charge in [-0.25, -0.2) is 0 Å². The second-order valence-corrected chi connectivity index (χ2v) is 5.85. The normalized spacial score (nSPS) is 11.5. The fourth-order valence-corrected chi connectivity index (χ4v) is 2.51. The average Bonchev–Trinajstić information content (AvgIpc) is 2.61. The van der Waals surface area contributed by atoms with Gasteiger partial charge in [0, 0.05) is 5.56 Å². The smallest absolute Gasteiger partial charge is 0.310 e. The minimum absolute atomic E-state index is 0.0619. The number of amides is 1. The molecule has 1 N–H and O–H groups in total. The van der Waals surface area contributed by atoms with Gasteiger partial charge >= 0.3 is 5.97 Å². The minimum atomic E-state index is -0.466. The quantitative estimate of drug-likeness (QED) is 0.787. The van der Waals surface area contributed by atoms with Crippen LogP contribution in [0.1, 0.15) is 29.7 Å². The number of esters is 1. The van der Waals surface area contributed by atoms with Gasteiger partial charge in [-0.1, -0.05) is 48.0 Å². The molecule has 2 rings (SSSR count). The second kappa shape index (κ2) is 8.87. The molecule has 0 saturated carbocycles. The van der Waals surface area contributed by atoms with Gasteiger partial charge in [-0.15, -0.1) is 0 Å². The Kier molecular flexibility index (Phi) is 6.57. The molecule has 2 aromatic rings. The maximum Gasteiger partial charge on any atom is 0.310 e. The van der Waals surface area contributed by atoms with Gasteiger partial charge in [0.15, 0.2) is 6.61 Å². The molecule has 0 aliphatic heterocycles. The van der Waals surface area contributed by atoms with Crippen molar-refractivity contribution in [1.29, 1.82) is 0 Å². The summed E-state index contributed by atoms with van der Waals surface area (Å²) in [5.41, 5.74) is 2.76. The molecule has 1 atom stereocenters. The van der Waals surface area contributed by atoms with Crippen LogP contribution in [0.3, 0.4) is 0 Å². The number of hydrogen-bond acceptors (Lipinski definition) is 4. The van der Waals surface area contributed by atoms with E-state index in [0.29, 0.717) is 5.75 Å². The van der Waals surface area contributed by atoms with E-state index in [0.717, 1.165) is 16.7 Å². The van der Waals surface area contributed by atoms with Gasteiger partial charge in [-0.3, -0.25) is 9.59 Å². The van der Waals surface area contributed by atoms with E-state index in [1.54, 1.807) is 7.11 Å². The van der Waals surface area contributed by atoms with Crippen molar-refractivity contribution in [2.45, 2.75) is 26.3 Å². The number of hydrogen-bond donors (Lipinski definition) is 1. The summed E-state index contributed by atoms with van der Waals surface area (Å²) in [7, 11) is 1.55. The third kappa shape index (κ3) is 5.64. The highest BCUT2D eigenvalue weighted by Crippen LogP contribution is 2.20. The number of carbonyl (C=O) groups is 2. The molecule has 0 saturated heterocycles. The zero-order valence-electron chi connectivity index (χ0n) is 14.7. The van der Waals surface area contributed by atoms with E-state index in [-0.39, 0.29) is 25.0 Å². The molecular formula is C20H23NO4. The zero-order valence-corrected chi connectivity index (χ0v) is 14.7. The molecule has 0 radical (unpaired) electrons. The lowest BCUT2D eigenvalue weighted by Crippen LogP contribution is -2.31. The topological polar surface area (TPSA) is 64.6 Å². The number of methoxy groups -OCH3 is 1. The molecule has 2 aromatic carbocycles. The molecule has 0 spiro atoms. The molecule has 25 heavy (non-hydrogen) atoms. The Labute approximate surface area is 148 Å². The standard InChI is InChI=1S/C20H23NO4/c1-14-9-10-18(24-3)17(11-14)12-20(23)25-13-19(22)21-15(2)16-7-5-4-6-8-16/h4-11,15H,12-13H2,1-3H3,(H,21,22)/t15-/m0/s1. The summed E-state index contributed by atoms with van der Waals surface area (Å²) in [6, 6.07) is 15.0. The second-order valence-electron chi connectivity index (χ2n) is 5.85. The summed E-state index contributed by atoms with van der Waals surface area (Å²) in [6.07, 6.45) is 0.0619. The van der Waals surface area contributed by atoms with E-state index in [2.05, 4.69) is 5.32 Å². The molecule has 5 nitrogen and oxygen atoms in total. The molecule has 0 fully saturated rings. The van der Waals surface area contributed by atoms with Crippen LogP contribution in [-0.4, -0.2) is 25.6 Å². The first kappa shape index (κ1) is 18.5. The fraction of sp³-hybridized carbons (Fsp3) is 0.300. The van der Waals surface area contributed by atoms with Crippen molar-refractivity contribution in [2.24, 2.45) is 0 Å². The maximum atomic E-state index is 12.0. The van der Waals surface area contributed by atoms with Gasteiger partial charge in [0.2, 0.25) is 0 Å². The van der Waals surface area contributed by atoms with Crippen LogP contribution in [0.2, 0.25) is 0 Å². The Morgan fingerprint density at radius 2 is 1.84 bits per heavy atom. The highest BCUT2D eigenvalue weighted by Gasteiger charge is 2.14. The summed E-state index contributed by atoms with van der Waals surface area (Å²) in [5.74, 6) is -0.169. The van der Waals surface area contributed by atoms with Crippen molar-refractivity contribution in [3.8, 4) is 5.75 Å². The molecule has 0 bridgehead atoms. The zero-order chi connectivity index (χ0) is 18.2. The third-order valence-corrected chi connectivity index (χ3v) is 3.81. The lowest BCUT2D eigenvalue weighted by molar-refractivity contribution is -0.148. The van der Waals surface area contributed by atoms with Crippen molar-refractivity contribution in [3.05, 3.63) is 65.2 Å². The van der Waals surface area contributed by atoms with Gasteiger partial charge in [-0.05, 0) is 25.5 Å². The number of carbonyl (C=O) groups excluding carboxylic acids is 2. The van der Waals surface area contributed by atoms with Gasteiger partial charge in [0.25, 0.3) is 5.91 Å². The maximum absolute atomic E-state index is 12.0. The molecule has 5 heteroatoms. The van der Waals surface area contributed by atoms with Crippen LogP contribution in [0.15, 0.2) is 48.5 Å². The molecular weight excluding hydrogens is 318 g/mol. The van der Waals surface area contributed by atoms with Crippen LogP contribution >= 0.6 is 0 Å². The first-order chi connectivity index (χ1) is 12.0. The summed E-state index contributed by atoms with van der Waals surface area (Å²) < 4.78 is 10.3. The Balaban J connectivity index is 1.83. The van der Waals surface area contributed by atoms with E-state index in [1.807, 2.05) is 62.4 Å². The highest BCUT2D eigenvalue weighted by molar-refractivity contribution is 5.81. The molecule has 0 aliphatic carbocycles. The van der Waals surface area contributed by atoms with Crippen molar-refractivity contribution in [3.63, 3.8) is 0 Å². The molecule has 1 amide bonds. The third-order valence-electron chi connectivity index (χ3n) is 3.81. The van der Waals surface area contributed by atoms with E-state index in [9.17, 15) is 9.59 Å². The SMILES string of the molecule is COc1ccc(C)cc1CC(=O)OCC(=O)N[C@@H](C)c1ccccc1. The molecule has 0 aromatic heterocycles. The van der Waals surface area contributed by atoms with Crippen LogP contribution in [0.25, 0.3) is 0 Å². The first-order valence-corrected chi connectivity index (χ1v) is 8.13. The van der Waals surface area contributed by atoms with Gasteiger partial charge < -0.3 is 14.8 Å². The van der Waals surface area contributed by atoms with Crippen LogP contribution in [0.4, 0.5) is 0 Å². The van der Waals surface area contributed by atoms with E-state index in [1.165, 1.54) is 0 Å². The Morgan fingerprint density at radius 3 is 2.52 bits per heavy atom. The fourth-order valence-electron chi connectivity index (χ4n) is 2.51. The average molecular weight is 341 g/mol. The number of ether oxygens (including phenoxy) is 2. The highest BCUT2D eigenvalue weighted by atomic mass is 16.5.